The van der Waals surface area contributed by atoms with Crippen molar-refractivity contribution < 1.29 is 9.59 Å². The zero-order valence-corrected chi connectivity index (χ0v) is 17.7. The first-order chi connectivity index (χ1) is 14.4. The Bertz CT molecular complexity index is 1180. The van der Waals surface area contributed by atoms with Crippen molar-refractivity contribution in [1.82, 2.24) is 0 Å². The molecule has 150 valence electrons. The van der Waals surface area contributed by atoms with Crippen molar-refractivity contribution in [1.29, 1.82) is 0 Å². The van der Waals surface area contributed by atoms with E-state index in [1.807, 2.05) is 63.2 Å². The van der Waals surface area contributed by atoms with Crippen LogP contribution in [0.4, 0.5) is 11.4 Å². The number of nitrogens with zero attached hydrogens (tertiary/aromatic N) is 1. The average Bonchev–Trinajstić information content (AvgIpc) is 2.97. The molecule has 1 aliphatic rings. The van der Waals surface area contributed by atoms with E-state index in [4.69, 9.17) is 11.6 Å². The molecule has 3 aromatic carbocycles. The van der Waals surface area contributed by atoms with Crippen LogP contribution in [0.25, 0.3) is 5.57 Å². The van der Waals surface area contributed by atoms with Crippen LogP contribution >= 0.6 is 11.6 Å². The van der Waals surface area contributed by atoms with Gasteiger partial charge in [0, 0.05) is 10.7 Å². The Morgan fingerprint density at radius 3 is 2.13 bits per heavy atom. The normalized spacial score (nSPS) is 13.9. The van der Waals surface area contributed by atoms with Gasteiger partial charge in [0.25, 0.3) is 11.8 Å². The minimum absolute atomic E-state index is 0.271. The van der Waals surface area contributed by atoms with Gasteiger partial charge in [0.2, 0.25) is 0 Å². The molecule has 1 heterocycles. The summed E-state index contributed by atoms with van der Waals surface area (Å²) < 4.78 is 0. The lowest BCUT2D eigenvalue weighted by molar-refractivity contribution is -0.120. The molecule has 0 aliphatic carbocycles. The van der Waals surface area contributed by atoms with Crippen molar-refractivity contribution in [3.63, 3.8) is 0 Å². The Morgan fingerprint density at radius 2 is 1.47 bits per heavy atom. The summed E-state index contributed by atoms with van der Waals surface area (Å²) in [5.41, 5.74) is 5.81. The summed E-state index contributed by atoms with van der Waals surface area (Å²) >= 11 is 5.99. The van der Waals surface area contributed by atoms with Crippen molar-refractivity contribution in [2.24, 2.45) is 0 Å². The highest BCUT2D eigenvalue weighted by molar-refractivity contribution is 6.46. The maximum atomic E-state index is 13.4. The van der Waals surface area contributed by atoms with Gasteiger partial charge in [-0.05, 0) is 67.8 Å². The first-order valence-electron chi connectivity index (χ1n) is 9.65. The Labute approximate surface area is 180 Å². The highest BCUT2D eigenvalue weighted by Gasteiger charge is 2.40. The lowest BCUT2D eigenvalue weighted by atomic mass is 10.0. The molecule has 0 unspecified atom stereocenters. The van der Waals surface area contributed by atoms with Gasteiger partial charge in [0.1, 0.15) is 5.70 Å². The van der Waals surface area contributed by atoms with Crippen LogP contribution < -0.4 is 10.2 Å². The zero-order chi connectivity index (χ0) is 21.4. The fourth-order valence-corrected chi connectivity index (χ4v) is 3.61. The van der Waals surface area contributed by atoms with E-state index in [1.54, 1.807) is 24.3 Å². The third-order valence-corrected chi connectivity index (χ3v) is 5.63. The maximum Gasteiger partial charge on any atom is 0.282 e. The Morgan fingerprint density at radius 1 is 0.800 bits per heavy atom. The topological polar surface area (TPSA) is 49.4 Å². The van der Waals surface area contributed by atoms with Crippen LogP contribution in [0.15, 0.2) is 72.4 Å². The highest BCUT2D eigenvalue weighted by atomic mass is 35.5. The number of carbonyl (C=O) groups is 2. The highest BCUT2D eigenvalue weighted by Crippen LogP contribution is 2.35. The number of imide groups is 1. The molecule has 0 atom stereocenters. The fraction of sp³-hybridized carbons (Fsp3) is 0.120. The van der Waals surface area contributed by atoms with E-state index >= 15 is 0 Å². The van der Waals surface area contributed by atoms with E-state index in [-0.39, 0.29) is 17.5 Å². The number of hydrogen-bond donors (Lipinski definition) is 1. The molecule has 3 aromatic rings. The molecule has 2 amide bonds. The first-order valence-corrected chi connectivity index (χ1v) is 10.0. The maximum absolute atomic E-state index is 13.4. The summed E-state index contributed by atoms with van der Waals surface area (Å²) in [7, 11) is 0. The van der Waals surface area contributed by atoms with Crippen LogP contribution in [0.3, 0.4) is 0 Å². The number of aryl methyl sites for hydroxylation is 2. The summed E-state index contributed by atoms with van der Waals surface area (Å²) in [4.78, 5) is 28.0. The van der Waals surface area contributed by atoms with Gasteiger partial charge in [-0.2, -0.15) is 0 Å². The Balaban J connectivity index is 1.84. The number of anilines is 2. The molecule has 4 nitrogen and oxygen atoms in total. The molecule has 0 fully saturated rings. The monoisotopic (exact) mass is 416 g/mol. The van der Waals surface area contributed by atoms with E-state index < -0.39 is 0 Å². The molecule has 0 bridgehead atoms. The van der Waals surface area contributed by atoms with E-state index in [0.29, 0.717) is 21.8 Å². The smallest absolute Gasteiger partial charge is 0.282 e. The second-order valence-electron chi connectivity index (χ2n) is 7.41. The average molecular weight is 417 g/mol. The largest absolute Gasteiger partial charge is 0.350 e. The molecule has 30 heavy (non-hydrogen) atoms. The summed E-state index contributed by atoms with van der Waals surface area (Å²) in [5, 5.41) is 3.79. The summed E-state index contributed by atoms with van der Waals surface area (Å²) in [5.74, 6) is -0.752. The fourth-order valence-electron chi connectivity index (χ4n) is 3.48. The molecular weight excluding hydrogens is 396 g/mol. The number of amides is 2. The SMILES string of the molecule is Cc1ccc(C2=C(Nc3cccc(C)c3C)C(=O)N(c3ccc(Cl)cc3)C2=O)cc1. The number of halogens is 1. The lowest BCUT2D eigenvalue weighted by Gasteiger charge is -2.16. The summed E-state index contributed by atoms with van der Waals surface area (Å²) in [6, 6.07) is 20.1. The van der Waals surface area contributed by atoms with Gasteiger partial charge in [-0.15, -0.1) is 0 Å². The minimum Gasteiger partial charge on any atom is -0.350 e. The standard InChI is InChI=1S/C25H21ClN2O2/c1-15-7-9-18(10-8-15)22-23(27-21-6-4-5-16(2)17(21)3)25(30)28(24(22)29)20-13-11-19(26)12-14-20/h4-14,27H,1-3H3. The van der Waals surface area contributed by atoms with Crippen molar-refractivity contribution in [3.05, 3.63) is 99.7 Å². The Hall–Kier alpha value is -3.37. The minimum atomic E-state index is -0.390. The van der Waals surface area contributed by atoms with E-state index in [0.717, 1.165) is 22.4 Å². The predicted molar refractivity (Wildman–Crippen MR) is 122 cm³/mol. The van der Waals surface area contributed by atoms with Crippen LogP contribution in [0, 0.1) is 20.8 Å². The van der Waals surface area contributed by atoms with Gasteiger partial charge in [-0.1, -0.05) is 53.6 Å². The van der Waals surface area contributed by atoms with Gasteiger partial charge in [-0.3, -0.25) is 9.59 Å². The Kier molecular flexibility index (Phi) is 5.18. The van der Waals surface area contributed by atoms with E-state index in [2.05, 4.69) is 5.32 Å². The molecule has 5 heteroatoms. The van der Waals surface area contributed by atoms with Crippen LogP contribution in [0.5, 0.6) is 0 Å². The van der Waals surface area contributed by atoms with Crippen LogP contribution in [0.2, 0.25) is 5.02 Å². The third kappa shape index (κ3) is 3.51. The third-order valence-electron chi connectivity index (χ3n) is 5.37. The molecule has 0 spiro atoms. The van der Waals surface area contributed by atoms with Crippen molar-refractivity contribution in [3.8, 4) is 0 Å². The quantitative estimate of drug-likeness (QED) is 0.558. The van der Waals surface area contributed by atoms with Crippen LogP contribution in [-0.4, -0.2) is 11.8 Å². The molecule has 1 aliphatic heterocycles. The second-order valence-corrected chi connectivity index (χ2v) is 7.85. The van der Waals surface area contributed by atoms with Crippen molar-refractivity contribution >= 4 is 40.4 Å². The predicted octanol–water partition coefficient (Wildman–Crippen LogP) is 5.66. The van der Waals surface area contributed by atoms with Crippen molar-refractivity contribution in [2.75, 3.05) is 10.2 Å². The zero-order valence-electron chi connectivity index (χ0n) is 17.0. The van der Waals surface area contributed by atoms with Crippen molar-refractivity contribution in [2.45, 2.75) is 20.8 Å². The molecule has 1 N–H and O–H groups in total. The number of nitrogens with one attached hydrogen (secondary N) is 1. The van der Waals surface area contributed by atoms with Crippen LogP contribution in [-0.2, 0) is 9.59 Å². The van der Waals surface area contributed by atoms with Gasteiger partial charge in [0.05, 0.1) is 11.3 Å². The van der Waals surface area contributed by atoms with E-state index in [1.165, 1.54) is 4.90 Å². The molecule has 0 radical (unpaired) electrons. The molecule has 0 saturated carbocycles. The molecule has 0 aromatic heterocycles. The number of hydrogen-bond acceptors (Lipinski definition) is 3. The lowest BCUT2D eigenvalue weighted by Crippen LogP contribution is -2.32. The van der Waals surface area contributed by atoms with Gasteiger partial charge >= 0.3 is 0 Å². The summed E-state index contributed by atoms with van der Waals surface area (Å²) in [6.45, 7) is 5.98. The number of benzene rings is 3. The second kappa shape index (κ2) is 7.81. The molecule has 4 rings (SSSR count). The first kappa shape index (κ1) is 19.9. The van der Waals surface area contributed by atoms with Gasteiger partial charge in [0.15, 0.2) is 0 Å². The number of rotatable bonds is 4. The molecule has 0 saturated heterocycles. The number of carbonyl (C=O) groups excluding carboxylic acids is 2. The van der Waals surface area contributed by atoms with Gasteiger partial charge < -0.3 is 5.32 Å². The van der Waals surface area contributed by atoms with Gasteiger partial charge in [-0.25, -0.2) is 4.90 Å². The summed E-state index contributed by atoms with van der Waals surface area (Å²) in [6.07, 6.45) is 0. The molecular formula is C25H21ClN2O2. The van der Waals surface area contributed by atoms with Crippen LogP contribution in [0.1, 0.15) is 22.3 Å². The van der Waals surface area contributed by atoms with E-state index in [9.17, 15) is 9.59 Å².